The van der Waals surface area contributed by atoms with E-state index in [4.69, 9.17) is 21.3 Å². The van der Waals surface area contributed by atoms with Crippen molar-refractivity contribution in [1.82, 2.24) is 9.55 Å². The average Bonchev–Trinajstić information content (AvgIpc) is 3.14. The SMILES string of the molecule is CCOc1ccc([C@H]2C[C@@H](c3ccccc3F)n3c(nc4ccccc43)N2)cc1Cl. The molecule has 4 aromatic rings. The second-order valence-electron chi connectivity index (χ2n) is 7.39. The average molecular weight is 422 g/mol. The highest BCUT2D eigenvalue weighted by Crippen LogP contribution is 2.42. The zero-order valence-electron chi connectivity index (χ0n) is 16.5. The van der Waals surface area contributed by atoms with Crippen molar-refractivity contribution < 1.29 is 9.13 Å². The van der Waals surface area contributed by atoms with Crippen molar-refractivity contribution in [3.63, 3.8) is 0 Å². The smallest absolute Gasteiger partial charge is 0.204 e. The van der Waals surface area contributed by atoms with Gasteiger partial charge < -0.3 is 14.6 Å². The van der Waals surface area contributed by atoms with Crippen LogP contribution >= 0.6 is 11.6 Å². The Kier molecular flexibility index (Phi) is 4.83. The Morgan fingerprint density at radius 1 is 1.13 bits per heavy atom. The second-order valence-corrected chi connectivity index (χ2v) is 7.79. The highest BCUT2D eigenvalue weighted by molar-refractivity contribution is 6.32. The van der Waals surface area contributed by atoms with E-state index >= 15 is 0 Å². The van der Waals surface area contributed by atoms with Gasteiger partial charge in [-0.1, -0.05) is 48.0 Å². The van der Waals surface area contributed by atoms with E-state index in [1.54, 1.807) is 6.07 Å². The molecule has 0 fully saturated rings. The summed E-state index contributed by atoms with van der Waals surface area (Å²) in [6.07, 6.45) is 0.665. The van der Waals surface area contributed by atoms with Crippen LogP contribution < -0.4 is 10.1 Å². The molecule has 5 rings (SSSR count). The molecule has 1 N–H and O–H groups in total. The van der Waals surface area contributed by atoms with Crippen LogP contribution in [0.2, 0.25) is 5.02 Å². The predicted octanol–water partition coefficient (Wildman–Crippen LogP) is 6.37. The van der Waals surface area contributed by atoms with Gasteiger partial charge in [0.15, 0.2) is 0 Å². The van der Waals surface area contributed by atoms with E-state index in [1.807, 2.05) is 61.5 Å². The quantitative estimate of drug-likeness (QED) is 0.416. The molecule has 1 aliphatic rings. The summed E-state index contributed by atoms with van der Waals surface area (Å²) in [6, 6.07) is 20.5. The first-order chi connectivity index (χ1) is 14.7. The number of nitrogens with one attached hydrogen (secondary N) is 1. The van der Waals surface area contributed by atoms with Crippen LogP contribution in [0.25, 0.3) is 11.0 Å². The highest BCUT2D eigenvalue weighted by Gasteiger charge is 2.32. The molecule has 1 aromatic heterocycles. The van der Waals surface area contributed by atoms with E-state index in [9.17, 15) is 4.39 Å². The minimum Gasteiger partial charge on any atom is -0.492 e. The van der Waals surface area contributed by atoms with Gasteiger partial charge in [-0.15, -0.1) is 0 Å². The lowest BCUT2D eigenvalue weighted by Gasteiger charge is -2.33. The minimum absolute atomic E-state index is 0.0629. The van der Waals surface area contributed by atoms with E-state index < -0.39 is 0 Å². The van der Waals surface area contributed by atoms with Crippen LogP contribution in [-0.2, 0) is 0 Å². The first-order valence-corrected chi connectivity index (χ1v) is 10.4. The molecular formula is C24H21ClFN3O. The molecule has 0 aliphatic carbocycles. The minimum atomic E-state index is -0.211. The third kappa shape index (κ3) is 3.19. The number of para-hydroxylation sites is 2. The van der Waals surface area contributed by atoms with Crippen molar-refractivity contribution >= 4 is 28.6 Å². The molecule has 0 radical (unpaired) electrons. The van der Waals surface area contributed by atoms with E-state index in [2.05, 4.69) is 9.88 Å². The molecule has 0 saturated carbocycles. The summed E-state index contributed by atoms with van der Waals surface area (Å²) >= 11 is 6.44. The fourth-order valence-electron chi connectivity index (χ4n) is 4.24. The lowest BCUT2D eigenvalue weighted by Crippen LogP contribution is -2.27. The van der Waals surface area contributed by atoms with Crippen molar-refractivity contribution in [3.05, 3.63) is 88.7 Å². The van der Waals surface area contributed by atoms with Gasteiger partial charge in [0.1, 0.15) is 11.6 Å². The summed E-state index contributed by atoms with van der Waals surface area (Å²) in [5, 5.41) is 4.10. The Labute approximate surface area is 179 Å². The van der Waals surface area contributed by atoms with Crippen molar-refractivity contribution in [1.29, 1.82) is 0 Å². The number of fused-ring (bicyclic) bond motifs is 3. The number of imidazole rings is 1. The molecular weight excluding hydrogens is 401 g/mol. The van der Waals surface area contributed by atoms with Gasteiger partial charge in [0.2, 0.25) is 5.95 Å². The molecule has 0 unspecified atom stereocenters. The van der Waals surface area contributed by atoms with Gasteiger partial charge in [0.05, 0.1) is 34.7 Å². The number of hydrogen-bond donors (Lipinski definition) is 1. The van der Waals surface area contributed by atoms with Gasteiger partial charge in [-0.2, -0.15) is 0 Å². The van der Waals surface area contributed by atoms with Crippen LogP contribution in [0.15, 0.2) is 66.7 Å². The fourth-order valence-corrected chi connectivity index (χ4v) is 4.49. The van der Waals surface area contributed by atoms with Crippen molar-refractivity contribution in [2.75, 3.05) is 11.9 Å². The number of hydrogen-bond acceptors (Lipinski definition) is 3. The molecule has 0 bridgehead atoms. The molecule has 4 nitrogen and oxygen atoms in total. The molecule has 0 spiro atoms. The van der Waals surface area contributed by atoms with Crippen LogP contribution in [0.5, 0.6) is 5.75 Å². The van der Waals surface area contributed by atoms with Crippen LogP contribution in [0, 0.1) is 5.82 Å². The molecule has 3 aromatic carbocycles. The number of halogens is 2. The predicted molar refractivity (Wildman–Crippen MR) is 118 cm³/mol. The van der Waals surface area contributed by atoms with E-state index in [0.29, 0.717) is 29.4 Å². The zero-order chi connectivity index (χ0) is 20.7. The monoisotopic (exact) mass is 421 g/mol. The summed E-state index contributed by atoms with van der Waals surface area (Å²) in [6.45, 7) is 2.48. The van der Waals surface area contributed by atoms with Gasteiger partial charge in [0.25, 0.3) is 0 Å². The summed E-state index contributed by atoms with van der Waals surface area (Å²) in [4.78, 5) is 4.78. The number of ether oxygens (including phenoxy) is 1. The van der Waals surface area contributed by atoms with Crippen LogP contribution in [0.4, 0.5) is 10.3 Å². The number of nitrogens with zero attached hydrogens (tertiary/aromatic N) is 2. The van der Waals surface area contributed by atoms with Crippen molar-refractivity contribution in [3.8, 4) is 5.75 Å². The largest absolute Gasteiger partial charge is 0.492 e. The van der Waals surface area contributed by atoms with E-state index in [1.165, 1.54) is 6.07 Å². The molecule has 2 heterocycles. The maximum absolute atomic E-state index is 14.8. The van der Waals surface area contributed by atoms with Gasteiger partial charge in [-0.25, -0.2) is 9.37 Å². The number of aromatic nitrogens is 2. The molecule has 0 amide bonds. The number of benzene rings is 3. The van der Waals surface area contributed by atoms with Gasteiger partial charge in [-0.3, -0.25) is 0 Å². The molecule has 1 aliphatic heterocycles. The van der Waals surface area contributed by atoms with Crippen molar-refractivity contribution in [2.24, 2.45) is 0 Å². The number of anilines is 1. The Bertz CT molecular complexity index is 1220. The highest BCUT2D eigenvalue weighted by atomic mass is 35.5. The summed E-state index contributed by atoms with van der Waals surface area (Å²) in [5.74, 6) is 1.18. The van der Waals surface area contributed by atoms with Crippen LogP contribution in [-0.4, -0.2) is 16.2 Å². The molecule has 30 heavy (non-hydrogen) atoms. The third-order valence-corrected chi connectivity index (χ3v) is 5.89. The van der Waals surface area contributed by atoms with Gasteiger partial charge >= 0.3 is 0 Å². The molecule has 2 atom stereocenters. The maximum atomic E-state index is 14.8. The summed E-state index contributed by atoms with van der Waals surface area (Å²) in [7, 11) is 0. The lowest BCUT2D eigenvalue weighted by atomic mass is 9.92. The Hall–Kier alpha value is -3.05. The summed E-state index contributed by atoms with van der Waals surface area (Å²) in [5.41, 5.74) is 3.54. The Balaban J connectivity index is 1.62. The first kappa shape index (κ1) is 18.9. The molecule has 0 saturated heterocycles. The molecule has 152 valence electrons. The molecule has 6 heteroatoms. The van der Waals surface area contributed by atoms with Crippen LogP contribution in [0.3, 0.4) is 0 Å². The Morgan fingerprint density at radius 2 is 1.93 bits per heavy atom. The lowest BCUT2D eigenvalue weighted by molar-refractivity contribution is 0.340. The first-order valence-electron chi connectivity index (χ1n) is 10.1. The van der Waals surface area contributed by atoms with Gasteiger partial charge in [0, 0.05) is 5.56 Å². The normalized spacial score (nSPS) is 18.1. The van der Waals surface area contributed by atoms with Crippen LogP contribution in [0.1, 0.15) is 36.6 Å². The standard InChI is InChI=1S/C24H21ClFN3O/c1-2-30-23-12-11-15(13-17(23)25)20-14-22(16-7-3-4-8-18(16)26)29-21-10-6-5-9-19(21)27-24(29)28-20/h3-13,20,22H,2,14H2,1H3,(H,27,28)/t20-,22+/m1/s1. The second kappa shape index (κ2) is 7.65. The number of rotatable bonds is 4. The zero-order valence-corrected chi connectivity index (χ0v) is 17.2. The fraction of sp³-hybridized carbons (Fsp3) is 0.208. The third-order valence-electron chi connectivity index (χ3n) is 5.59. The topological polar surface area (TPSA) is 39.1 Å². The van der Waals surface area contributed by atoms with Gasteiger partial charge in [-0.05, 0) is 49.2 Å². The Morgan fingerprint density at radius 3 is 2.73 bits per heavy atom. The summed E-state index contributed by atoms with van der Waals surface area (Å²) < 4.78 is 22.5. The maximum Gasteiger partial charge on any atom is 0.204 e. The van der Waals surface area contributed by atoms with E-state index in [-0.39, 0.29) is 17.9 Å². The van der Waals surface area contributed by atoms with Crippen molar-refractivity contribution in [2.45, 2.75) is 25.4 Å². The van der Waals surface area contributed by atoms with E-state index in [0.717, 1.165) is 22.5 Å².